The molecule has 0 amide bonds. The van der Waals surface area contributed by atoms with Gasteiger partial charge in [-0.3, -0.25) is 9.69 Å². The number of ether oxygens (including phenoxy) is 1. The molecule has 1 aliphatic rings. The first kappa shape index (κ1) is 12.3. The summed E-state index contributed by atoms with van der Waals surface area (Å²) in [6.07, 6.45) is 2.43. The summed E-state index contributed by atoms with van der Waals surface area (Å²) in [6.45, 7) is 2.05. The molecule has 1 fully saturated rings. The summed E-state index contributed by atoms with van der Waals surface area (Å²) in [5.74, 6) is 0.202. The number of carbonyl (C=O) groups excluding carboxylic acids is 1. The van der Waals surface area contributed by atoms with Crippen LogP contribution in [0, 0.1) is 0 Å². The number of carbonyl (C=O) groups is 1. The quantitative estimate of drug-likeness (QED) is 0.674. The van der Waals surface area contributed by atoms with Crippen molar-refractivity contribution in [2.24, 2.45) is 0 Å². The van der Waals surface area contributed by atoms with E-state index in [0.717, 1.165) is 12.1 Å². The monoisotopic (exact) mass is 233 g/mol. The van der Waals surface area contributed by atoms with E-state index < -0.39 is 0 Å². The van der Waals surface area contributed by atoms with Gasteiger partial charge in [0.1, 0.15) is 0 Å². The summed E-state index contributed by atoms with van der Waals surface area (Å²) in [5.41, 5.74) is 0.801. The Morgan fingerprint density at radius 3 is 2.65 bits per heavy atom. The molecule has 17 heavy (non-hydrogen) atoms. The first-order valence-corrected chi connectivity index (χ1v) is 6.12. The summed E-state index contributed by atoms with van der Waals surface area (Å²) in [7, 11) is 1.70. The van der Waals surface area contributed by atoms with Gasteiger partial charge in [-0.15, -0.1) is 0 Å². The van der Waals surface area contributed by atoms with Crippen LogP contribution in [0.5, 0.6) is 0 Å². The maximum absolute atomic E-state index is 12.1. The van der Waals surface area contributed by atoms with Gasteiger partial charge in [0.15, 0.2) is 5.78 Å². The number of rotatable bonds is 7. The van der Waals surface area contributed by atoms with Crippen LogP contribution >= 0.6 is 0 Å². The predicted molar refractivity (Wildman–Crippen MR) is 67.2 cm³/mol. The molecule has 0 aliphatic heterocycles. The minimum absolute atomic E-state index is 0.202. The normalized spacial score (nSPS) is 15.2. The highest BCUT2D eigenvalue weighted by molar-refractivity contribution is 5.97. The highest BCUT2D eigenvalue weighted by Crippen LogP contribution is 2.26. The van der Waals surface area contributed by atoms with Crippen LogP contribution in [0.2, 0.25) is 0 Å². The van der Waals surface area contributed by atoms with Crippen LogP contribution in [0.25, 0.3) is 0 Å². The first-order chi connectivity index (χ1) is 8.31. The fraction of sp³-hybridized carbons (Fsp3) is 0.500. The Hall–Kier alpha value is -1.19. The third kappa shape index (κ3) is 3.65. The Labute approximate surface area is 102 Å². The minimum atomic E-state index is 0.202. The second-order valence-electron chi connectivity index (χ2n) is 4.48. The van der Waals surface area contributed by atoms with Crippen molar-refractivity contribution in [3.8, 4) is 0 Å². The molecule has 1 aromatic rings. The summed E-state index contributed by atoms with van der Waals surface area (Å²) in [5, 5.41) is 0. The smallest absolute Gasteiger partial charge is 0.176 e. The van der Waals surface area contributed by atoms with Crippen LogP contribution in [-0.2, 0) is 4.74 Å². The third-order valence-electron chi connectivity index (χ3n) is 3.09. The molecule has 0 saturated heterocycles. The van der Waals surface area contributed by atoms with E-state index in [1.807, 2.05) is 30.3 Å². The third-order valence-corrected chi connectivity index (χ3v) is 3.09. The van der Waals surface area contributed by atoms with Gasteiger partial charge in [-0.2, -0.15) is 0 Å². The second-order valence-corrected chi connectivity index (χ2v) is 4.48. The SMILES string of the molecule is COCCN(CC(=O)c1ccccc1)C1CC1. The Morgan fingerprint density at radius 1 is 1.35 bits per heavy atom. The van der Waals surface area contributed by atoms with Gasteiger partial charge in [0, 0.05) is 25.3 Å². The summed E-state index contributed by atoms with van der Waals surface area (Å²) in [4.78, 5) is 14.3. The highest BCUT2D eigenvalue weighted by Gasteiger charge is 2.29. The number of nitrogens with zero attached hydrogens (tertiary/aromatic N) is 1. The van der Waals surface area contributed by atoms with E-state index in [9.17, 15) is 4.79 Å². The lowest BCUT2D eigenvalue weighted by atomic mass is 10.1. The average Bonchev–Trinajstić information content (AvgIpc) is 3.19. The minimum Gasteiger partial charge on any atom is -0.383 e. The van der Waals surface area contributed by atoms with Gasteiger partial charge in [0.2, 0.25) is 0 Å². The van der Waals surface area contributed by atoms with Gasteiger partial charge in [-0.05, 0) is 12.8 Å². The van der Waals surface area contributed by atoms with Crippen molar-refractivity contribution < 1.29 is 9.53 Å². The van der Waals surface area contributed by atoms with E-state index in [0.29, 0.717) is 19.2 Å². The Balaban J connectivity index is 1.91. The fourth-order valence-corrected chi connectivity index (χ4v) is 1.94. The zero-order valence-electron chi connectivity index (χ0n) is 10.3. The highest BCUT2D eigenvalue weighted by atomic mass is 16.5. The lowest BCUT2D eigenvalue weighted by Crippen LogP contribution is -2.34. The molecule has 0 unspecified atom stereocenters. The maximum atomic E-state index is 12.1. The fourth-order valence-electron chi connectivity index (χ4n) is 1.94. The molecule has 0 bridgehead atoms. The topological polar surface area (TPSA) is 29.5 Å². The molecule has 0 aromatic heterocycles. The van der Waals surface area contributed by atoms with Gasteiger partial charge in [-0.1, -0.05) is 30.3 Å². The molecular weight excluding hydrogens is 214 g/mol. The molecule has 3 nitrogen and oxygen atoms in total. The molecule has 1 saturated carbocycles. The Bertz CT molecular complexity index is 360. The zero-order chi connectivity index (χ0) is 12.1. The Morgan fingerprint density at radius 2 is 2.06 bits per heavy atom. The standard InChI is InChI=1S/C14H19NO2/c1-17-10-9-15(13-7-8-13)11-14(16)12-5-3-2-4-6-12/h2-6,13H,7-11H2,1H3. The van der Waals surface area contributed by atoms with E-state index in [4.69, 9.17) is 4.74 Å². The van der Waals surface area contributed by atoms with E-state index in [1.165, 1.54) is 12.8 Å². The van der Waals surface area contributed by atoms with Gasteiger partial charge in [-0.25, -0.2) is 0 Å². The summed E-state index contributed by atoms with van der Waals surface area (Å²) >= 11 is 0. The zero-order valence-corrected chi connectivity index (χ0v) is 10.3. The molecule has 2 rings (SSSR count). The first-order valence-electron chi connectivity index (χ1n) is 6.12. The van der Waals surface area contributed by atoms with Crippen LogP contribution < -0.4 is 0 Å². The van der Waals surface area contributed by atoms with Gasteiger partial charge < -0.3 is 4.74 Å². The lowest BCUT2D eigenvalue weighted by Gasteiger charge is -2.20. The van der Waals surface area contributed by atoms with Crippen LogP contribution in [0.15, 0.2) is 30.3 Å². The molecule has 3 heteroatoms. The largest absolute Gasteiger partial charge is 0.383 e. The van der Waals surface area contributed by atoms with E-state index in [2.05, 4.69) is 4.90 Å². The summed E-state index contributed by atoms with van der Waals surface area (Å²) < 4.78 is 5.08. The Kier molecular flexibility index (Phi) is 4.29. The van der Waals surface area contributed by atoms with Gasteiger partial charge in [0.05, 0.1) is 13.2 Å². The predicted octanol–water partition coefficient (Wildman–Crippen LogP) is 1.98. The molecule has 92 valence electrons. The van der Waals surface area contributed by atoms with Crippen molar-refractivity contribution in [3.63, 3.8) is 0 Å². The van der Waals surface area contributed by atoms with Crippen molar-refractivity contribution in [2.75, 3.05) is 26.8 Å². The second kappa shape index (κ2) is 5.94. The van der Waals surface area contributed by atoms with E-state index in [-0.39, 0.29) is 5.78 Å². The van der Waals surface area contributed by atoms with Crippen LogP contribution in [0.4, 0.5) is 0 Å². The van der Waals surface area contributed by atoms with Crippen molar-refractivity contribution >= 4 is 5.78 Å². The van der Waals surface area contributed by atoms with Crippen molar-refractivity contribution in [3.05, 3.63) is 35.9 Å². The molecule has 0 N–H and O–H groups in total. The van der Waals surface area contributed by atoms with E-state index in [1.54, 1.807) is 7.11 Å². The lowest BCUT2D eigenvalue weighted by molar-refractivity contribution is 0.0886. The van der Waals surface area contributed by atoms with E-state index >= 15 is 0 Å². The van der Waals surface area contributed by atoms with Gasteiger partial charge in [0.25, 0.3) is 0 Å². The maximum Gasteiger partial charge on any atom is 0.176 e. The molecule has 0 radical (unpaired) electrons. The molecule has 1 aliphatic carbocycles. The molecule has 0 heterocycles. The van der Waals surface area contributed by atoms with Crippen LogP contribution in [-0.4, -0.2) is 43.5 Å². The van der Waals surface area contributed by atoms with Crippen molar-refractivity contribution in [1.82, 2.24) is 4.90 Å². The molecule has 0 atom stereocenters. The van der Waals surface area contributed by atoms with Gasteiger partial charge >= 0.3 is 0 Å². The number of methoxy groups -OCH3 is 1. The van der Waals surface area contributed by atoms with Crippen molar-refractivity contribution in [2.45, 2.75) is 18.9 Å². The molecular formula is C14H19NO2. The summed E-state index contributed by atoms with van der Waals surface area (Å²) in [6, 6.07) is 10.1. The average molecular weight is 233 g/mol. The number of hydrogen-bond acceptors (Lipinski definition) is 3. The van der Waals surface area contributed by atoms with Crippen molar-refractivity contribution in [1.29, 1.82) is 0 Å². The molecule has 1 aromatic carbocycles. The number of hydrogen-bond donors (Lipinski definition) is 0. The number of Topliss-reactive ketones (excluding diaryl/α,β-unsaturated/α-hetero) is 1. The number of ketones is 1. The number of benzene rings is 1. The molecule has 0 spiro atoms. The van der Waals surface area contributed by atoms with Crippen LogP contribution in [0.1, 0.15) is 23.2 Å². The van der Waals surface area contributed by atoms with Crippen LogP contribution in [0.3, 0.4) is 0 Å².